The number of urea groups is 1. The molecule has 0 aromatic carbocycles. The Hall–Kier alpha value is -1.56. The van der Waals surface area contributed by atoms with Gasteiger partial charge in [-0.05, 0) is 12.8 Å². The number of carbonyl (C=O) groups excluding carboxylic acids is 1. The third-order valence-corrected chi connectivity index (χ3v) is 3.24. The Morgan fingerprint density at radius 3 is 2.83 bits per heavy atom. The third kappa shape index (κ3) is 4.03. The maximum atomic E-state index is 11.6. The molecule has 0 aliphatic rings. The van der Waals surface area contributed by atoms with Crippen molar-refractivity contribution in [1.29, 1.82) is 0 Å². The van der Waals surface area contributed by atoms with Crippen LogP contribution in [-0.4, -0.2) is 33.1 Å². The van der Waals surface area contributed by atoms with Gasteiger partial charge in [-0.15, -0.1) is 0 Å². The summed E-state index contributed by atoms with van der Waals surface area (Å²) in [5.74, 6) is 0.603. The molecule has 6 nitrogen and oxygen atoms in total. The van der Waals surface area contributed by atoms with Crippen LogP contribution in [0.5, 0.6) is 0 Å². The highest BCUT2D eigenvalue weighted by Gasteiger charge is 2.27. The van der Waals surface area contributed by atoms with Gasteiger partial charge in [0.15, 0.2) is 5.82 Å². The van der Waals surface area contributed by atoms with Crippen LogP contribution in [0.15, 0.2) is 12.3 Å². The van der Waals surface area contributed by atoms with Crippen molar-refractivity contribution in [2.75, 3.05) is 11.9 Å². The lowest BCUT2D eigenvalue weighted by molar-refractivity contribution is 0.00826. The van der Waals surface area contributed by atoms with E-state index in [9.17, 15) is 9.90 Å². The fraction of sp³-hybridized carbons (Fsp3) is 0.667. The summed E-state index contributed by atoms with van der Waals surface area (Å²) in [5.41, 5.74) is -0.907. The first-order valence-corrected chi connectivity index (χ1v) is 6.12. The zero-order valence-electron chi connectivity index (χ0n) is 11.4. The van der Waals surface area contributed by atoms with Crippen LogP contribution in [0.1, 0.15) is 27.2 Å². The van der Waals surface area contributed by atoms with E-state index in [2.05, 4.69) is 15.7 Å². The zero-order chi connectivity index (χ0) is 13.8. The van der Waals surface area contributed by atoms with E-state index < -0.39 is 5.60 Å². The molecule has 1 heterocycles. The molecule has 1 rings (SSSR count). The molecule has 1 aromatic rings. The highest BCUT2D eigenvalue weighted by atomic mass is 16.3. The molecule has 0 saturated carbocycles. The molecular formula is C12H22N4O2. The average molecular weight is 254 g/mol. The second-order valence-corrected chi connectivity index (χ2v) is 4.85. The van der Waals surface area contributed by atoms with Gasteiger partial charge in [-0.1, -0.05) is 20.3 Å². The van der Waals surface area contributed by atoms with E-state index in [0.717, 1.165) is 6.42 Å². The largest absolute Gasteiger partial charge is 0.388 e. The molecule has 2 amide bonds. The van der Waals surface area contributed by atoms with Gasteiger partial charge in [0.25, 0.3) is 0 Å². The molecule has 3 N–H and O–H groups in total. The van der Waals surface area contributed by atoms with E-state index in [0.29, 0.717) is 5.82 Å². The normalized spacial score (nSPS) is 15.8. The molecule has 0 aliphatic carbocycles. The minimum atomic E-state index is -0.907. The van der Waals surface area contributed by atoms with Crippen molar-refractivity contribution >= 4 is 11.8 Å². The van der Waals surface area contributed by atoms with E-state index in [1.54, 1.807) is 30.9 Å². The maximum Gasteiger partial charge on any atom is 0.320 e. The minimum absolute atomic E-state index is 0.118. The van der Waals surface area contributed by atoms with Gasteiger partial charge in [0.05, 0.1) is 5.60 Å². The standard InChI is InChI=1S/C12H22N4O2/c1-5-9(2)12(3,18)8-13-11(17)14-10-6-7-16(4)15-10/h6-7,9,18H,5,8H2,1-4H3,(H2,13,14,15,17). The lowest BCUT2D eigenvalue weighted by Crippen LogP contribution is -2.46. The van der Waals surface area contributed by atoms with Crippen molar-refractivity contribution in [3.63, 3.8) is 0 Å². The van der Waals surface area contributed by atoms with Crippen LogP contribution in [0.25, 0.3) is 0 Å². The number of aryl methyl sites for hydroxylation is 1. The molecule has 0 fully saturated rings. The monoisotopic (exact) mass is 254 g/mol. The van der Waals surface area contributed by atoms with Gasteiger partial charge in [-0.2, -0.15) is 5.10 Å². The number of aromatic nitrogens is 2. The second kappa shape index (κ2) is 5.86. The highest BCUT2D eigenvalue weighted by molar-refractivity contribution is 5.88. The van der Waals surface area contributed by atoms with Crippen LogP contribution < -0.4 is 10.6 Å². The Bertz CT molecular complexity index is 401. The van der Waals surface area contributed by atoms with E-state index in [1.807, 2.05) is 13.8 Å². The van der Waals surface area contributed by atoms with Gasteiger partial charge in [0, 0.05) is 25.9 Å². The molecule has 102 valence electrons. The van der Waals surface area contributed by atoms with E-state index in [4.69, 9.17) is 0 Å². The molecule has 2 atom stereocenters. The smallest absolute Gasteiger partial charge is 0.320 e. The summed E-state index contributed by atoms with van der Waals surface area (Å²) in [6.45, 7) is 5.90. The summed E-state index contributed by atoms with van der Waals surface area (Å²) < 4.78 is 1.60. The quantitative estimate of drug-likeness (QED) is 0.742. The average Bonchev–Trinajstić information content (AvgIpc) is 2.71. The lowest BCUT2D eigenvalue weighted by atomic mass is 9.89. The Labute approximate surface area is 107 Å². The Balaban J connectivity index is 2.42. The van der Waals surface area contributed by atoms with Crippen LogP contribution in [-0.2, 0) is 7.05 Å². The molecule has 2 unspecified atom stereocenters. The fourth-order valence-corrected chi connectivity index (χ4v) is 1.52. The predicted octanol–water partition coefficient (Wildman–Crippen LogP) is 1.34. The van der Waals surface area contributed by atoms with Crippen molar-refractivity contribution in [1.82, 2.24) is 15.1 Å². The van der Waals surface area contributed by atoms with Crippen molar-refractivity contribution < 1.29 is 9.90 Å². The maximum absolute atomic E-state index is 11.6. The number of hydrogen-bond acceptors (Lipinski definition) is 3. The topological polar surface area (TPSA) is 79.2 Å². The second-order valence-electron chi connectivity index (χ2n) is 4.85. The van der Waals surface area contributed by atoms with Crippen LogP contribution >= 0.6 is 0 Å². The molecule has 0 spiro atoms. The number of nitrogens with zero attached hydrogens (tertiary/aromatic N) is 2. The molecule has 0 aliphatic heterocycles. The molecule has 0 bridgehead atoms. The Morgan fingerprint density at radius 2 is 2.33 bits per heavy atom. The summed E-state index contributed by atoms with van der Waals surface area (Å²) in [4.78, 5) is 11.6. The first kappa shape index (κ1) is 14.5. The van der Waals surface area contributed by atoms with E-state index in [1.165, 1.54) is 0 Å². The van der Waals surface area contributed by atoms with Gasteiger partial charge in [0.2, 0.25) is 0 Å². The SMILES string of the molecule is CCC(C)C(C)(O)CNC(=O)Nc1ccn(C)n1. The molecule has 0 saturated heterocycles. The fourth-order valence-electron chi connectivity index (χ4n) is 1.52. The number of hydrogen-bond donors (Lipinski definition) is 3. The minimum Gasteiger partial charge on any atom is -0.388 e. The highest BCUT2D eigenvalue weighted by Crippen LogP contribution is 2.18. The van der Waals surface area contributed by atoms with E-state index in [-0.39, 0.29) is 18.5 Å². The van der Waals surface area contributed by atoms with Crippen LogP contribution in [0, 0.1) is 5.92 Å². The van der Waals surface area contributed by atoms with Crippen LogP contribution in [0.4, 0.5) is 10.6 Å². The number of rotatable bonds is 5. The number of carbonyl (C=O) groups is 1. The van der Waals surface area contributed by atoms with E-state index >= 15 is 0 Å². The summed E-state index contributed by atoms with van der Waals surface area (Å²) >= 11 is 0. The predicted molar refractivity (Wildman–Crippen MR) is 70.3 cm³/mol. The van der Waals surface area contributed by atoms with Crippen molar-refractivity contribution in [3.8, 4) is 0 Å². The number of anilines is 1. The van der Waals surface area contributed by atoms with Gasteiger partial charge < -0.3 is 10.4 Å². The molecular weight excluding hydrogens is 232 g/mol. The van der Waals surface area contributed by atoms with Crippen molar-refractivity contribution in [2.24, 2.45) is 13.0 Å². The van der Waals surface area contributed by atoms with Crippen LogP contribution in [0.3, 0.4) is 0 Å². The Kier molecular flexibility index (Phi) is 4.72. The lowest BCUT2D eigenvalue weighted by Gasteiger charge is -2.29. The number of nitrogens with one attached hydrogen (secondary N) is 2. The van der Waals surface area contributed by atoms with Crippen molar-refractivity contribution in [2.45, 2.75) is 32.8 Å². The third-order valence-electron chi connectivity index (χ3n) is 3.24. The van der Waals surface area contributed by atoms with Gasteiger partial charge in [-0.25, -0.2) is 4.79 Å². The number of amides is 2. The van der Waals surface area contributed by atoms with Gasteiger partial charge >= 0.3 is 6.03 Å². The first-order valence-electron chi connectivity index (χ1n) is 6.12. The van der Waals surface area contributed by atoms with Crippen LogP contribution in [0.2, 0.25) is 0 Å². The van der Waals surface area contributed by atoms with Gasteiger partial charge in [-0.3, -0.25) is 10.00 Å². The summed E-state index contributed by atoms with van der Waals surface area (Å²) in [7, 11) is 1.77. The van der Waals surface area contributed by atoms with Crippen molar-refractivity contribution in [3.05, 3.63) is 12.3 Å². The summed E-state index contributed by atoms with van der Waals surface area (Å²) in [5, 5.41) is 19.4. The number of aliphatic hydroxyl groups is 1. The molecule has 0 radical (unpaired) electrons. The molecule has 6 heteroatoms. The molecule has 1 aromatic heterocycles. The molecule has 18 heavy (non-hydrogen) atoms. The summed E-state index contributed by atoms with van der Waals surface area (Å²) in [6.07, 6.45) is 2.60. The zero-order valence-corrected chi connectivity index (χ0v) is 11.4. The first-order chi connectivity index (χ1) is 8.35. The van der Waals surface area contributed by atoms with Gasteiger partial charge in [0.1, 0.15) is 0 Å². The summed E-state index contributed by atoms with van der Waals surface area (Å²) in [6, 6.07) is 1.34. The Morgan fingerprint density at radius 1 is 1.67 bits per heavy atom.